The summed E-state index contributed by atoms with van der Waals surface area (Å²) in [5, 5.41) is 0. The molecule has 1 fully saturated rings. The minimum absolute atomic E-state index is 0.378. The van der Waals surface area contributed by atoms with Gasteiger partial charge in [-0.2, -0.15) is 4.98 Å². The summed E-state index contributed by atoms with van der Waals surface area (Å²) in [5.41, 5.74) is 12.3. The average Bonchev–Trinajstić information content (AvgIpc) is 2.47. The lowest BCUT2D eigenvalue weighted by molar-refractivity contribution is 0.477. The summed E-state index contributed by atoms with van der Waals surface area (Å²) in [5.74, 6) is 1.90. The molecule has 0 radical (unpaired) electrons. The molecule has 1 atom stereocenters. The molecule has 21 heavy (non-hydrogen) atoms. The second-order valence-electron chi connectivity index (χ2n) is 5.31. The highest BCUT2D eigenvalue weighted by Gasteiger charge is 2.21. The molecule has 7 nitrogen and oxygen atoms in total. The van der Waals surface area contributed by atoms with E-state index in [1.807, 2.05) is 0 Å². The van der Waals surface area contributed by atoms with Gasteiger partial charge in [-0.05, 0) is 32.3 Å². The van der Waals surface area contributed by atoms with Gasteiger partial charge in [-0.1, -0.05) is 0 Å². The summed E-state index contributed by atoms with van der Waals surface area (Å²) in [6.45, 7) is 3.16. The van der Waals surface area contributed by atoms with Gasteiger partial charge in [0.1, 0.15) is 11.6 Å². The van der Waals surface area contributed by atoms with Crippen molar-refractivity contribution in [3.8, 4) is 11.4 Å². The number of piperidine rings is 1. The van der Waals surface area contributed by atoms with Crippen LogP contribution in [0.25, 0.3) is 11.4 Å². The largest absolute Gasteiger partial charge is 0.384 e. The molecule has 3 rings (SSSR count). The van der Waals surface area contributed by atoms with E-state index in [2.05, 4.69) is 31.8 Å². The van der Waals surface area contributed by atoms with E-state index in [0.717, 1.165) is 19.4 Å². The van der Waals surface area contributed by atoms with Crippen LogP contribution in [0.15, 0.2) is 18.5 Å². The number of hydrogen-bond donors (Lipinski definition) is 2. The number of nitrogen functional groups attached to an aromatic ring is 2. The quantitative estimate of drug-likeness (QED) is 0.860. The molecule has 0 saturated carbocycles. The minimum atomic E-state index is 0.378. The highest BCUT2D eigenvalue weighted by molar-refractivity contribution is 5.68. The summed E-state index contributed by atoms with van der Waals surface area (Å²) in [7, 11) is 0. The fraction of sp³-hybridized carbons (Fsp3) is 0.429. The van der Waals surface area contributed by atoms with Gasteiger partial charge in [-0.3, -0.25) is 0 Å². The Balaban J connectivity index is 1.92. The van der Waals surface area contributed by atoms with E-state index in [-0.39, 0.29) is 0 Å². The van der Waals surface area contributed by atoms with Gasteiger partial charge in [0.05, 0.1) is 5.56 Å². The minimum Gasteiger partial charge on any atom is -0.384 e. The van der Waals surface area contributed by atoms with Crippen molar-refractivity contribution in [2.75, 3.05) is 22.9 Å². The summed E-state index contributed by atoms with van der Waals surface area (Å²) in [6, 6.07) is 2.07. The lowest BCUT2D eigenvalue weighted by Crippen LogP contribution is -2.38. The van der Waals surface area contributed by atoms with Gasteiger partial charge in [0.15, 0.2) is 5.82 Å². The third-order valence-electron chi connectivity index (χ3n) is 3.78. The molecule has 0 aliphatic carbocycles. The Labute approximate surface area is 123 Å². The number of anilines is 3. The maximum Gasteiger partial charge on any atom is 0.227 e. The van der Waals surface area contributed by atoms with Crippen LogP contribution < -0.4 is 16.4 Å². The van der Waals surface area contributed by atoms with Crippen LogP contribution in [0.5, 0.6) is 0 Å². The predicted molar refractivity (Wildman–Crippen MR) is 82.5 cm³/mol. The molecule has 0 aromatic carbocycles. The Bertz CT molecular complexity index is 643. The molecule has 110 valence electrons. The lowest BCUT2D eigenvalue weighted by atomic mass is 10.0. The molecule has 3 heterocycles. The summed E-state index contributed by atoms with van der Waals surface area (Å²) in [4.78, 5) is 19.4. The molecule has 0 bridgehead atoms. The van der Waals surface area contributed by atoms with E-state index in [0.29, 0.717) is 35.0 Å². The first kappa shape index (κ1) is 13.5. The van der Waals surface area contributed by atoms with Crippen molar-refractivity contribution < 1.29 is 0 Å². The Morgan fingerprint density at radius 2 is 2.05 bits per heavy atom. The van der Waals surface area contributed by atoms with Crippen LogP contribution in [0.3, 0.4) is 0 Å². The zero-order valence-electron chi connectivity index (χ0n) is 12.0. The van der Waals surface area contributed by atoms with Gasteiger partial charge in [0.25, 0.3) is 0 Å². The van der Waals surface area contributed by atoms with Gasteiger partial charge in [-0.25, -0.2) is 15.0 Å². The topological polar surface area (TPSA) is 107 Å². The van der Waals surface area contributed by atoms with Crippen molar-refractivity contribution in [2.45, 2.75) is 32.2 Å². The fourth-order valence-corrected chi connectivity index (χ4v) is 2.59. The van der Waals surface area contributed by atoms with E-state index < -0.39 is 0 Å². The van der Waals surface area contributed by atoms with Gasteiger partial charge in [0, 0.05) is 25.0 Å². The molecule has 2 aromatic rings. The van der Waals surface area contributed by atoms with Gasteiger partial charge in [0.2, 0.25) is 5.95 Å². The van der Waals surface area contributed by atoms with Crippen molar-refractivity contribution in [3.05, 3.63) is 18.5 Å². The third-order valence-corrected chi connectivity index (χ3v) is 3.78. The standard InChI is InChI=1S/C14H19N7/c1-9-4-2-3-7-21(9)14-18-8-10(12(16)20-14)13-17-6-5-11(15)19-13/h5-6,8-9H,2-4,7H2,1H3,(H2,15,17,19)(H2,16,18,20). The first-order valence-electron chi connectivity index (χ1n) is 7.13. The Morgan fingerprint density at radius 1 is 1.19 bits per heavy atom. The van der Waals surface area contributed by atoms with E-state index in [1.54, 1.807) is 18.5 Å². The van der Waals surface area contributed by atoms with Crippen molar-refractivity contribution in [3.63, 3.8) is 0 Å². The lowest BCUT2D eigenvalue weighted by Gasteiger charge is -2.33. The molecular formula is C14H19N7. The predicted octanol–water partition coefficient (Wildman–Crippen LogP) is 1.48. The number of nitrogens with two attached hydrogens (primary N) is 2. The van der Waals surface area contributed by atoms with Crippen LogP contribution in [0.2, 0.25) is 0 Å². The Morgan fingerprint density at radius 3 is 2.76 bits per heavy atom. The van der Waals surface area contributed by atoms with Crippen molar-refractivity contribution in [2.24, 2.45) is 0 Å². The van der Waals surface area contributed by atoms with Crippen LogP contribution in [-0.4, -0.2) is 32.5 Å². The summed E-state index contributed by atoms with van der Waals surface area (Å²) in [6.07, 6.45) is 6.84. The first-order valence-corrected chi connectivity index (χ1v) is 7.13. The Kier molecular flexibility index (Phi) is 3.55. The number of aromatic nitrogens is 4. The maximum atomic E-state index is 6.06. The van der Waals surface area contributed by atoms with Crippen LogP contribution in [0.4, 0.5) is 17.6 Å². The van der Waals surface area contributed by atoms with Gasteiger partial charge >= 0.3 is 0 Å². The van der Waals surface area contributed by atoms with Gasteiger partial charge < -0.3 is 16.4 Å². The molecule has 4 N–H and O–H groups in total. The molecular weight excluding hydrogens is 266 g/mol. The highest BCUT2D eigenvalue weighted by Crippen LogP contribution is 2.26. The van der Waals surface area contributed by atoms with E-state index >= 15 is 0 Å². The Hall–Kier alpha value is -2.44. The molecule has 1 saturated heterocycles. The molecule has 1 aliphatic rings. The molecule has 1 aliphatic heterocycles. The summed E-state index contributed by atoms with van der Waals surface area (Å²) >= 11 is 0. The SMILES string of the molecule is CC1CCCCN1c1ncc(-c2nccc(N)n2)c(N)n1. The average molecular weight is 285 g/mol. The zero-order valence-corrected chi connectivity index (χ0v) is 12.0. The van der Waals surface area contributed by atoms with Crippen molar-refractivity contribution >= 4 is 17.6 Å². The first-order chi connectivity index (χ1) is 10.1. The van der Waals surface area contributed by atoms with Crippen LogP contribution in [0.1, 0.15) is 26.2 Å². The van der Waals surface area contributed by atoms with Crippen LogP contribution >= 0.6 is 0 Å². The monoisotopic (exact) mass is 285 g/mol. The molecule has 0 spiro atoms. The van der Waals surface area contributed by atoms with Crippen molar-refractivity contribution in [1.29, 1.82) is 0 Å². The van der Waals surface area contributed by atoms with E-state index in [9.17, 15) is 0 Å². The second kappa shape index (κ2) is 5.51. The smallest absolute Gasteiger partial charge is 0.227 e. The van der Waals surface area contributed by atoms with E-state index in [1.165, 1.54) is 6.42 Å². The molecule has 1 unspecified atom stereocenters. The summed E-state index contributed by atoms with van der Waals surface area (Å²) < 4.78 is 0. The third kappa shape index (κ3) is 2.72. The van der Waals surface area contributed by atoms with E-state index in [4.69, 9.17) is 11.5 Å². The normalized spacial score (nSPS) is 18.7. The molecule has 7 heteroatoms. The molecule has 2 aromatic heterocycles. The number of hydrogen-bond acceptors (Lipinski definition) is 7. The fourth-order valence-electron chi connectivity index (χ4n) is 2.59. The second-order valence-corrected chi connectivity index (χ2v) is 5.31. The highest BCUT2D eigenvalue weighted by atomic mass is 15.3. The maximum absolute atomic E-state index is 6.06. The molecule has 0 amide bonds. The zero-order chi connectivity index (χ0) is 14.8. The van der Waals surface area contributed by atoms with Gasteiger partial charge in [-0.15, -0.1) is 0 Å². The van der Waals surface area contributed by atoms with Crippen LogP contribution in [0, 0.1) is 0 Å². The number of rotatable bonds is 2. The van der Waals surface area contributed by atoms with Crippen LogP contribution in [-0.2, 0) is 0 Å². The van der Waals surface area contributed by atoms with Crippen molar-refractivity contribution in [1.82, 2.24) is 19.9 Å². The number of nitrogens with zero attached hydrogens (tertiary/aromatic N) is 5.